The Bertz CT molecular complexity index is 317. The minimum atomic E-state index is 0.0928. The normalized spacial score (nSPS) is 10.8. The van der Waals surface area contributed by atoms with Crippen LogP contribution in [0.15, 0.2) is 4.42 Å². The summed E-state index contributed by atoms with van der Waals surface area (Å²) in [4.78, 5) is 1.93. The summed E-state index contributed by atoms with van der Waals surface area (Å²) < 4.78 is 5.57. The highest BCUT2D eigenvalue weighted by molar-refractivity contribution is 5.23. The van der Waals surface area contributed by atoms with E-state index in [-0.39, 0.29) is 6.61 Å². The second kappa shape index (κ2) is 8.88. The maximum Gasteiger partial charge on any atom is 0.318 e. The van der Waals surface area contributed by atoms with E-state index in [9.17, 15) is 0 Å². The molecule has 1 rings (SSSR count). The number of rotatable bonds is 10. The van der Waals surface area contributed by atoms with Crippen LogP contribution in [-0.2, 0) is 6.54 Å². The molecule has 6 nitrogen and oxygen atoms in total. The van der Waals surface area contributed by atoms with Crippen LogP contribution in [0.2, 0.25) is 0 Å². The van der Waals surface area contributed by atoms with Crippen LogP contribution in [0.5, 0.6) is 0 Å². The van der Waals surface area contributed by atoms with Crippen molar-refractivity contribution in [2.75, 3.05) is 31.1 Å². The molecule has 0 aliphatic carbocycles. The van der Waals surface area contributed by atoms with Crippen LogP contribution >= 0.6 is 0 Å². The summed E-state index contributed by atoms with van der Waals surface area (Å²) in [5.41, 5.74) is 0. The number of aliphatic hydroxyl groups excluding tert-OH is 1. The van der Waals surface area contributed by atoms with Gasteiger partial charge in [-0.05, 0) is 19.4 Å². The second-order valence-corrected chi connectivity index (χ2v) is 4.22. The molecule has 0 fully saturated rings. The molecular formula is C12H24N4O2. The molecule has 0 amide bonds. The average molecular weight is 256 g/mol. The van der Waals surface area contributed by atoms with Crippen LogP contribution in [0.1, 0.15) is 39.0 Å². The molecule has 0 spiro atoms. The Morgan fingerprint density at radius 3 is 2.72 bits per heavy atom. The first-order chi connectivity index (χ1) is 8.81. The maximum atomic E-state index is 9.03. The molecule has 2 N–H and O–H groups in total. The van der Waals surface area contributed by atoms with Crippen molar-refractivity contribution in [1.29, 1.82) is 0 Å². The van der Waals surface area contributed by atoms with Gasteiger partial charge in [-0.15, -0.1) is 5.10 Å². The zero-order valence-electron chi connectivity index (χ0n) is 11.4. The molecule has 0 radical (unpaired) electrons. The van der Waals surface area contributed by atoms with Crippen LogP contribution < -0.4 is 10.2 Å². The van der Waals surface area contributed by atoms with Gasteiger partial charge >= 0.3 is 6.01 Å². The minimum absolute atomic E-state index is 0.0928. The van der Waals surface area contributed by atoms with Crippen molar-refractivity contribution in [2.45, 2.75) is 39.7 Å². The van der Waals surface area contributed by atoms with Crippen molar-refractivity contribution in [1.82, 2.24) is 15.5 Å². The molecule has 0 saturated heterocycles. The Kier molecular flexibility index (Phi) is 7.36. The third kappa shape index (κ3) is 5.01. The number of hydrogen-bond acceptors (Lipinski definition) is 6. The van der Waals surface area contributed by atoms with Crippen molar-refractivity contribution in [3.05, 3.63) is 5.89 Å². The number of unbranched alkanes of at least 4 members (excludes halogenated alkanes) is 1. The van der Waals surface area contributed by atoms with Gasteiger partial charge in [0, 0.05) is 13.1 Å². The predicted octanol–water partition coefficient (Wildman–Crippen LogP) is 1.17. The van der Waals surface area contributed by atoms with Gasteiger partial charge in [0.2, 0.25) is 5.89 Å². The van der Waals surface area contributed by atoms with E-state index < -0.39 is 0 Å². The molecule has 1 aromatic rings. The third-order valence-electron chi connectivity index (χ3n) is 2.58. The highest BCUT2D eigenvalue weighted by Gasteiger charge is 2.13. The fourth-order valence-corrected chi connectivity index (χ4v) is 1.59. The van der Waals surface area contributed by atoms with Gasteiger partial charge in [-0.3, -0.25) is 0 Å². The first-order valence-electron chi connectivity index (χ1n) is 6.70. The molecule has 18 heavy (non-hydrogen) atoms. The molecule has 104 valence electrons. The van der Waals surface area contributed by atoms with E-state index in [4.69, 9.17) is 9.52 Å². The summed E-state index contributed by atoms with van der Waals surface area (Å²) in [6.07, 6.45) is 3.22. The summed E-state index contributed by atoms with van der Waals surface area (Å²) in [5.74, 6) is 0.595. The summed E-state index contributed by atoms with van der Waals surface area (Å²) >= 11 is 0. The van der Waals surface area contributed by atoms with Gasteiger partial charge in [-0.2, -0.15) is 0 Å². The molecule has 0 aliphatic heterocycles. The van der Waals surface area contributed by atoms with E-state index >= 15 is 0 Å². The lowest BCUT2D eigenvalue weighted by molar-refractivity contribution is 0.297. The highest BCUT2D eigenvalue weighted by Crippen LogP contribution is 2.12. The van der Waals surface area contributed by atoms with E-state index in [1.165, 1.54) is 0 Å². The quantitative estimate of drug-likeness (QED) is 0.612. The smallest absolute Gasteiger partial charge is 0.318 e. The second-order valence-electron chi connectivity index (χ2n) is 4.22. The van der Waals surface area contributed by atoms with Crippen LogP contribution in [-0.4, -0.2) is 41.5 Å². The lowest BCUT2D eigenvalue weighted by atomic mass is 10.3. The Morgan fingerprint density at radius 1 is 1.22 bits per heavy atom. The Hall–Kier alpha value is -1.14. The van der Waals surface area contributed by atoms with E-state index in [1.54, 1.807) is 0 Å². The lowest BCUT2D eigenvalue weighted by Crippen LogP contribution is -2.28. The summed E-state index contributed by atoms with van der Waals surface area (Å²) in [6, 6.07) is 0.505. The largest absolute Gasteiger partial charge is 0.407 e. The van der Waals surface area contributed by atoms with Gasteiger partial charge in [0.15, 0.2) is 0 Å². The van der Waals surface area contributed by atoms with Crippen molar-refractivity contribution >= 4 is 6.01 Å². The summed E-state index contributed by atoms with van der Waals surface area (Å²) in [5, 5.41) is 20.3. The number of aromatic nitrogens is 2. The third-order valence-corrected chi connectivity index (χ3v) is 2.58. The standard InChI is InChI=1S/C12H24N4O2/c1-3-5-7-16(8-9-17)12-15-14-11(18-12)10-13-6-4-2/h13,17H,3-10H2,1-2H3. The number of anilines is 1. The summed E-state index contributed by atoms with van der Waals surface area (Å²) in [6.45, 7) is 7.24. The molecule has 1 heterocycles. The lowest BCUT2D eigenvalue weighted by Gasteiger charge is -2.18. The van der Waals surface area contributed by atoms with E-state index in [0.717, 1.165) is 32.4 Å². The van der Waals surface area contributed by atoms with E-state index in [1.807, 2.05) is 4.90 Å². The molecule has 0 aromatic carbocycles. The maximum absolute atomic E-state index is 9.03. The van der Waals surface area contributed by atoms with Crippen molar-refractivity contribution in [3.8, 4) is 0 Å². The Balaban J connectivity index is 2.50. The van der Waals surface area contributed by atoms with Gasteiger partial charge < -0.3 is 19.7 Å². The molecular weight excluding hydrogens is 232 g/mol. The number of aliphatic hydroxyl groups is 1. The highest BCUT2D eigenvalue weighted by atomic mass is 16.4. The summed E-state index contributed by atoms with van der Waals surface area (Å²) in [7, 11) is 0. The zero-order chi connectivity index (χ0) is 13.2. The zero-order valence-corrected chi connectivity index (χ0v) is 11.4. The first kappa shape index (κ1) is 14.9. The Labute approximate surface area is 108 Å². The first-order valence-corrected chi connectivity index (χ1v) is 6.70. The SMILES string of the molecule is CCCCN(CCO)c1nnc(CNCCC)o1. The Morgan fingerprint density at radius 2 is 2.06 bits per heavy atom. The predicted molar refractivity (Wildman–Crippen MR) is 70.5 cm³/mol. The van der Waals surface area contributed by atoms with Gasteiger partial charge in [0.05, 0.1) is 13.2 Å². The van der Waals surface area contributed by atoms with Crippen molar-refractivity contribution in [2.24, 2.45) is 0 Å². The number of nitrogens with one attached hydrogen (secondary N) is 1. The topological polar surface area (TPSA) is 74.4 Å². The number of nitrogens with zero attached hydrogens (tertiary/aromatic N) is 3. The van der Waals surface area contributed by atoms with E-state index in [2.05, 4.69) is 29.4 Å². The number of hydrogen-bond donors (Lipinski definition) is 2. The van der Waals surface area contributed by atoms with Crippen molar-refractivity contribution < 1.29 is 9.52 Å². The molecule has 0 saturated carbocycles. The van der Waals surface area contributed by atoms with Crippen LogP contribution in [0.25, 0.3) is 0 Å². The average Bonchev–Trinajstić information content (AvgIpc) is 2.83. The monoisotopic (exact) mass is 256 g/mol. The molecule has 0 aliphatic rings. The van der Waals surface area contributed by atoms with Crippen LogP contribution in [0.4, 0.5) is 6.01 Å². The van der Waals surface area contributed by atoms with Crippen molar-refractivity contribution in [3.63, 3.8) is 0 Å². The van der Waals surface area contributed by atoms with Gasteiger partial charge in [0.1, 0.15) is 0 Å². The fraction of sp³-hybridized carbons (Fsp3) is 0.833. The molecule has 0 bridgehead atoms. The van der Waals surface area contributed by atoms with E-state index in [0.29, 0.717) is 25.0 Å². The van der Waals surface area contributed by atoms with Crippen LogP contribution in [0.3, 0.4) is 0 Å². The van der Waals surface area contributed by atoms with Crippen LogP contribution in [0, 0.1) is 0 Å². The van der Waals surface area contributed by atoms with Gasteiger partial charge in [-0.1, -0.05) is 25.4 Å². The molecule has 0 unspecified atom stereocenters. The minimum Gasteiger partial charge on any atom is -0.407 e. The molecule has 6 heteroatoms. The fourth-order valence-electron chi connectivity index (χ4n) is 1.59. The molecule has 0 atom stereocenters. The van der Waals surface area contributed by atoms with Gasteiger partial charge in [-0.25, -0.2) is 0 Å². The molecule has 1 aromatic heterocycles. The van der Waals surface area contributed by atoms with Gasteiger partial charge in [0.25, 0.3) is 0 Å².